The summed E-state index contributed by atoms with van der Waals surface area (Å²) in [4.78, 5) is 2.34. The van der Waals surface area contributed by atoms with Crippen molar-refractivity contribution in [3.63, 3.8) is 0 Å². The lowest BCUT2D eigenvalue weighted by atomic mass is 10.0. The van der Waals surface area contributed by atoms with Crippen molar-refractivity contribution in [2.45, 2.75) is 28.1 Å². The highest BCUT2D eigenvalue weighted by atomic mass is 32.2. The molecule has 7 heteroatoms. The second-order valence-corrected chi connectivity index (χ2v) is 11.7. The molecule has 0 amide bonds. The van der Waals surface area contributed by atoms with Gasteiger partial charge in [0.25, 0.3) is 0 Å². The van der Waals surface area contributed by atoms with E-state index in [1.54, 1.807) is 24.3 Å². The molecule has 3 aromatic carbocycles. The molecule has 1 aliphatic rings. The number of fused-ring (bicyclic) bond motifs is 1. The van der Waals surface area contributed by atoms with Crippen molar-refractivity contribution in [2.24, 2.45) is 0 Å². The van der Waals surface area contributed by atoms with Gasteiger partial charge in [-0.3, -0.25) is 4.90 Å². The quantitative estimate of drug-likeness (QED) is 0.584. The Kier molecular flexibility index (Phi) is 5.53. The Morgan fingerprint density at radius 3 is 2.17 bits per heavy atom. The third-order valence-electron chi connectivity index (χ3n) is 5.37. The Morgan fingerprint density at radius 2 is 1.50 bits per heavy atom. The van der Waals surface area contributed by atoms with Gasteiger partial charge in [-0.15, -0.1) is 0 Å². The van der Waals surface area contributed by atoms with E-state index in [0.717, 1.165) is 11.1 Å². The molecule has 1 atom stereocenters. The zero-order chi connectivity index (χ0) is 21.4. The minimum Gasteiger partial charge on any atom is -0.298 e. The summed E-state index contributed by atoms with van der Waals surface area (Å²) in [5.74, 6) is -0.418. The van der Waals surface area contributed by atoms with Crippen LogP contribution in [0.25, 0.3) is 0 Å². The predicted octanol–water partition coefficient (Wildman–Crippen LogP) is 3.62. The summed E-state index contributed by atoms with van der Waals surface area (Å²) >= 11 is 0. The van der Waals surface area contributed by atoms with Gasteiger partial charge in [0.05, 0.1) is 15.5 Å². The zero-order valence-electron chi connectivity index (χ0n) is 16.6. The summed E-state index contributed by atoms with van der Waals surface area (Å²) in [5, 5.41) is -1.10. The van der Waals surface area contributed by atoms with Crippen LogP contribution in [0.2, 0.25) is 0 Å². The van der Waals surface area contributed by atoms with Crippen LogP contribution in [-0.4, -0.2) is 34.5 Å². The summed E-state index contributed by atoms with van der Waals surface area (Å²) in [5.41, 5.74) is 2.28. The molecule has 1 heterocycles. The van der Waals surface area contributed by atoms with Crippen LogP contribution in [0.3, 0.4) is 0 Å². The predicted molar refractivity (Wildman–Crippen MR) is 116 cm³/mol. The standard InChI is InChI=1S/C23H23NO4S2/c1-24(15-18-9-4-2-5-10-18)16-19-11-8-14-21-23(19)22(17-29(21,25)26)30(27,28)20-12-6-3-7-13-20/h2-14,22H,15-17H2,1H3. The Hall–Kier alpha value is -2.48. The van der Waals surface area contributed by atoms with E-state index in [1.165, 1.54) is 18.2 Å². The van der Waals surface area contributed by atoms with Crippen LogP contribution >= 0.6 is 0 Å². The topological polar surface area (TPSA) is 71.5 Å². The van der Waals surface area contributed by atoms with E-state index in [0.29, 0.717) is 18.7 Å². The Morgan fingerprint density at radius 1 is 0.867 bits per heavy atom. The highest BCUT2D eigenvalue weighted by molar-refractivity contribution is 7.96. The number of benzene rings is 3. The maximum atomic E-state index is 13.3. The fourth-order valence-electron chi connectivity index (χ4n) is 4.00. The highest BCUT2D eigenvalue weighted by Gasteiger charge is 2.44. The second-order valence-electron chi connectivity index (χ2n) is 7.61. The van der Waals surface area contributed by atoms with Crippen molar-refractivity contribution >= 4 is 19.7 Å². The molecule has 0 N–H and O–H groups in total. The Balaban J connectivity index is 1.73. The molecular formula is C23H23NO4S2. The van der Waals surface area contributed by atoms with Crippen molar-refractivity contribution in [3.8, 4) is 0 Å². The molecule has 0 radical (unpaired) electrons. The number of nitrogens with zero attached hydrogens (tertiary/aromatic N) is 1. The average Bonchev–Trinajstić information content (AvgIpc) is 3.02. The fraction of sp³-hybridized carbons (Fsp3) is 0.217. The van der Waals surface area contributed by atoms with Gasteiger partial charge in [-0.1, -0.05) is 60.7 Å². The zero-order valence-corrected chi connectivity index (χ0v) is 18.2. The summed E-state index contributed by atoms with van der Waals surface area (Å²) in [6.07, 6.45) is 0. The van der Waals surface area contributed by atoms with Crippen LogP contribution in [0.1, 0.15) is 21.9 Å². The first-order valence-corrected chi connectivity index (χ1v) is 12.8. The van der Waals surface area contributed by atoms with Crippen molar-refractivity contribution in [3.05, 3.63) is 95.6 Å². The third-order valence-corrected chi connectivity index (χ3v) is 9.46. The summed E-state index contributed by atoms with van der Waals surface area (Å²) < 4.78 is 52.3. The lowest BCUT2D eigenvalue weighted by Gasteiger charge is -2.21. The first-order chi connectivity index (χ1) is 14.3. The van der Waals surface area contributed by atoms with Crippen molar-refractivity contribution in [2.75, 3.05) is 12.8 Å². The number of rotatable bonds is 6. The molecule has 5 nitrogen and oxygen atoms in total. The summed E-state index contributed by atoms with van der Waals surface area (Å²) in [7, 11) is -5.56. The van der Waals surface area contributed by atoms with Gasteiger partial charge in [0.1, 0.15) is 5.25 Å². The smallest absolute Gasteiger partial charge is 0.186 e. The van der Waals surface area contributed by atoms with E-state index in [9.17, 15) is 16.8 Å². The van der Waals surface area contributed by atoms with Crippen molar-refractivity contribution < 1.29 is 16.8 Å². The van der Waals surface area contributed by atoms with Gasteiger partial charge in [0, 0.05) is 13.1 Å². The first-order valence-electron chi connectivity index (χ1n) is 9.65. The molecule has 1 aliphatic heterocycles. The van der Waals surface area contributed by atoms with Crippen LogP contribution in [0, 0.1) is 0 Å². The van der Waals surface area contributed by atoms with Gasteiger partial charge >= 0.3 is 0 Å². The van der Waals surface area contributed by atoms with E-state index in [1.807, 2.05) is 43.4 Å². The lowest BCUT2D eigenvalue weighted by Crippen LogP contribution is -2.21. The average molecular weight is 442 g/mol. The molecule has 1 unspecified atom stereocenters. The maximum absolute atomic E-state index is 13.3. The molecule has 0 spiro atoms. The molecule has 0 saturated carbocycles. The largest absolute Gasteiger partial charge is 0.298 e. The van der Waals surface area contributed by atoms with E-state index in [4.69, 9.17) is 0 Å². The number of sulfone groups is 2. The first kappa shape index (κ1) is 20.8. The van der Waals surface area contributed by atoms with Crippen molar-refractivity contribution in [1.82, 2.24) is 4.90 Å². The van der Waals surface area contributed by atoms with Crippen LogP contribution in [0.15, 0.2) is 88.7 Å². The lowest BCUT2D eigenvalue weighted by molar-refractivity contribution is 0.318. The molecule has 0 fully saturated rings. The van der Waals surface area contributed by atoms with Crippen LogP contribution < -0.4 is 0 Å². The maximum Gasteiger partial charge on any atom is 0.186 e. The second kappa shape index (κ2) is 7.98. The molecule has 0 aliphatic carbocycles. The van der Waals surface area contributed by atoms with Crippen LogP contribution in [-0.2, 0) is 32.8 Å². The minimum atomic E-state index is -3.84. The van der Waals surface area contributed by atoms with E-state index >= 15 is 0 Å². The Bertz CT molecular complexity index is 1260. The van der Waals surface area contributed by atoms with Gasteiger partial charge < -0.3 is 0 Å². The van der Waals surface area contributed by atoms with Gasteiger partial charge in [-0.2, -0.15) is 0 Å². The minimum absolute atomic E-state index is 0.137. The van der Waals surface area contributed by atoms with E-state index in [2.05, 4.69) is 4.90 Å². The van der Waals surface area contributed by atoms with Crippen LogP contribution in [0.5, 0.6) is 0 Å². The summed E-state index contributed by atoms with van der Waals surface area (Å²) in [6, 6.07) is 23.1. The SMILES string of the molecule is CN(Cc1ccccc1)Cc1cccc2c1C(S(=O)(=O)c1ccccc1)CS2(=O)=O. The summed E-state index contributed by atoms with van der Waals surface area (Å²) in [6.45, 7) is 1.13. The van der Waals surface area contributed by atoms with Gasteiger partial charge in [0.15, 0.2) is 19.7 Å². The van der Waals surface area contributed by atoms with Gasteiger partial charge in [-0.25, -0.2) is 16.8 Å². The molecule has 156 valence electrons. The molecule has 3 aromatic rings. The normalized spacial score (nSPS) is 17.7. The highest BCUT2D eigenvalue weighted by Crippen LogP contribution is 2.43. The number of hydrogen-bond acceptors (Lipinski definition) is 5. The molecule has 0 bridgehead atoms. The van der Waals surface area contributed by atoms with Crippen LogP contribution in [0.4, 0.5) is 0 Å². The monoisotopic (exact) mass is 441 g/mol. The van der Waals surface area contributed by atoms with E-state index in [-0.39, 0.29) is 9.79 Å². The van der Waals surface area contributed by atoms with Gasteiger partial charge in [0.2, 0.25) is 0 Å². The molecule has 30 heavy (non-hydrogen) atoms. The molecule has 0 aromatic heterocycles. The molecule has 4 rings (SSSR count). The Labute approximate surface area is 177 Å². The van der Waals surface area contributed by atoms with Crippen molar-refractivity contribution in [1.29, 1.82) is 0 Å². The fourth-order valence-corrected chi connectivity index (χ4v) is 8.42. The number of hydrogen-bond donors (Lipinski definition) is 0. The molecular weight excluding hydrogens is 418 g/mol. The molecule has 0 saturated heterocycles. The van der Waals surface area contributed by atoms with E-state index < -0.39 is 30.7 Å². The van der Waals surface area contributed by atoms with Gasteiger partial charge in [-0.05, 0) is 41.9 Å². The third kappa shape index (κ3) is 3.93.